The van der Waals surface area contributed by atoms with Crippen molar-refractivity contribution in [2.24, 2.45) is 0 Å². The Kier molecular flexibility index (Phi) is 3.18. The van der Waals surface area contributed by atoms with Crippen molar-refractivity contribution in [2.75, 3.05) is 5.32 Å². The predicted octanol–water partition coefficient (Wildman–Crippen LogP) is 3.55. The van der Waals surface area contributed by atoms with Gasteiger partial charge in [-0.3, -0.25) is 0 Å². The van der Waals surface area contributed by atoms with Gasteiger partial charge in [0.1, 0.15) is 5.82 Å². The van der Waals surface area contributed by atoms with E-state index >= 15 is 0 Å². The molecule has 0 atom stereocenters. The van der Waals surface area contributed by atoms with E-state index in [1.807, 2.05) is 6.07 Å². The number of hydrogen-bond donors (Lipinski definition) is 1. The molecule has 0 aliphatic heterocycles. The van der Waals surface area contributed by atoms with Crippen LogP contribution in [-0.4, -0.2) is 4.98 Å². The number of thiazole rings is 1. The minimum Gasteiger partial charge on any atom is -0.380 e. The molecule has 0 fully saturated rings. The molecule has 1 aromatic heterocycles. The summed E-state index contributed by atoms with van der Waals surface area (Å²) in [5, 5.41) is 3.09. The van der Waals surface area contributed by atoms with Crippen molar-refractivity contribution in [3.05, 3.63) is 45.6 Å². The highest BCUT2D eigenvalue weighted by molar-refractivity contribution is 7.15. The molecule has 1 heterocycles. The van der Waals surface area contributed by atoms with Crippen LogP contribution in [0.25, 0.3) is 0 Å². The first kappa shape index (κ1) is 10.4. The van der Waals surface area contributed by atoms with Crippen molar-refractivity contribution in [3.8, 4) is 0 Å². The van der Waals surface area contributed by atoms with Crippen LogP contribution in [0.5, 0.6) is 0 Å². The molecule has 1 aromatic carbocycles. The summed E-state index contributed by atoms with van der Waals surface area (Å²) in [6, 6.07) is 6.33. The molecule has 0 saturated heterocycles. The van der Waals surface area contributed by atoms with Gasteiger partial charge >= 0.3 is 0 Å². The van der Waals surface area contributed by atoms with Gasteiger partial charge in [0.25, 0.3) is 0 Å². The maximum absolute atomic E-state index is 12.8. The lowest BCUT2D eigenvalue weighted by Crippen LogP contribution is -1.97. The summed E-state index contributed by atoms with van der Waals surface area (Å²) < 4.78 is 13.3. The van der Waals surface area contributed by atoms with E-state index in [4.69, 9.17) is 11.6 Å². The fourth-order valence-corrected chi connectivity index (χ4v) is 2.07. The van der Waals surface area contributed by atoms with Crippen LogP contribution < -0.4 is 5.32 Å². The molecule has 78 valence electrons. The summed E-state index contributed by atoms with van der Waals surface area (Å²) in [6.45, 7) is 0.605. The highest BCUT2D eigenvalue weighted by atomic mass is 35.5. The van der Waals surface area contributed by atoms with Gasteiger partial charge in [0, 0.05) is 16.8 Å². The Balaban J connectivity index is 1.99. The highest BCUT2D eigenvalue weighted by Crippen LogP contribution is 2.19. The van der Waals surface area contributed by atoms with Gasteiger partial charge < -0.3 is 5.32 Å². The lowest BCUT2D eigenvalue weighted by Gasteiger charge is -2.03. The van der Waals surface area contributed by atoms with E-state index in [1.54, 1.807) is 12.3 Å². The fraction of sp³-hybridized carbons (Fsp3) is 0.100. The molecule has 2 rings (SSSR count). The Hall–Kier alpha value is -1.13. The number of nitrogens with one attached hydrogen (secondary N) is 1. The standard InChI is InChI=1S/C10H8ClFN2S/c11-10-14-6-9(15-10)5-13-8-3-1-2-7(12)4-8/h1-4,6,13H,5H2. The Morgan fingerprint density at radius 1 is 1.47 bits per heavy atom. The number of nitrogens with zero attached hydrogens (tertiary/aromatic N) is 1. The summed E-state index contributed by atoms with van der Waals surface area (Å²) in [6.07, 6.45) is 1.71. The molecule has 0 amide bonds. The molecule has 0 radical (unpaired) electrons. The summed E-state index contributed by atoms with van der Waals surface area (Å²) in [4.78, 5) is 4.93. The second kappa shape index (κ2) is 4.59. The largest absolute Gasteiger partial charge is 0.380 e. The second-order valence-corrected chi connectivity index (χ2v) is 4.64. The maximum atomic E-state index is 12.8. The van der Waals surface area contributed by atoms with Crippen LogP contribution in [0.4, 0.5) is 10.1 Å². The second-order valence-electron chi connectivity index (χ2n) is 2.94. The van der Waals surface area contributed by atoms with Crippen molar-refractivity contribution < 1.29 is 4.39 Å². The van der Waals surface area contributed by atoms with Gasteiger partial charge in [-0.05, 0) is 18.2 Å². The van der Waals surface area contributed by atoms with E-state index < -0.39 is 0 Å². The smallest absolute Gasteiger partial charge is 0.183 e. The lowest BCUT2D eigenvalue weighted by molar-refractivity contribution is 0.628. The van der Waals surface area contributed by atoms with Gasteiger partial charge in [0.05, 0.1) is 6.54 Å². The average molecular weight is 243 g/mol. The number of anilines is 1. The highest BCUT2D eigenvalue weighted by Gasteiger charge is 1.99. The Morgan fingerprint density at radius 3 is 3.00 bits per heavy atom. The summed E-state index contributed by atoms with van der Waals surface area (Å²) in [7, 11) is 0. The molecule has 0 spiro atoms. The van der Waals surface area contributed by atoms with Crippen molar-refractivity contribution in [1.82, 2.24) is 4.98 Å². The predicted molar refractivity (Wildman–Crippen MR) is 60.9 cm³/mol. The first-order valence-electron chi connectivity index (χ1n) is 4.34. The van der Waals surface area contributed by atoms with Gasteiger partial charge in [0.15, 0.2) is 4.47 Å². The van der Waals surface area contributed by atoms with E-state index in [0.717, 1.165) is 10.6 Å². The molecule has 15 heavy (non-hydrogen) atoms. The molecule has 2 nitrogen and oxygen atoms in total. The van der Waals surface area contributed by atoms with Crippen molar-refractivity contribution in [1.29, 1.82) is 0 Å². The SMILES string of the molecule is Fc1cccc(NCc2cnc(Cl)s2)c1. The van der Waals surface area contributed by atoms with Crippen LogP contribution in [0.1, 0.15) is 4.88 Å². The number of rotatable bonds is 3. The first-order chi connectivity index (χ1) is 7.24. The van der Waals surface area contributed by atoms with E-state index in [2.05, 4.69) is 10.3 Å². The van der Waals surface area contributed by atoms with Crippen molar-refractivity contribution >= 4 is 28.6 Å². The third-order valence-electron chi connectivity index (χ3n) is 1.82. The van der Waals surface area contributed by atoms with Gasteiger partial charge in [-0.1, -0.05) is 17.7 Å². The normalized spacial score (nSPS) is 10.3. The number of hydrogen-bond acceptors (Lipinski definition) is 3. The summed E-state index contributed by atoms with van der Waals surface area (Å²) in [5.74, 6) is -0.248. The van der Waals surface area contributed by atoms with E-state index in [9.17, 15) is 4.39 Å². The fourth-order valence-electron chi connectivity index (χ4n) is 1.15. The summed E-state index contributed by atoms with van der Waals surface area (Å²) >= 11 is 7.10. The minimum atomic E-state index is -0.248. The average Bonchev–Trinajstić information content (AvgIpc) is 2.62. The first-order valence-corrected chi connectivity index (χ1v) is 5.53. The van der Waals surface area contributed by atoms with Gasteiger partial charge in [0.2, 0.25) is 0 Å². The zero-order chi connectivity index (χ0) is 10.7. The Labute approximate surface area is 95.7 Å². The van der Waals surface area contributed by atoms with Crippen LogP contribution in [-0.2, 0) is 6.54 Å². The van der Waals surface area contributed by atoms with Crippen LogP contribution in [0, 0.1) is 5.82 Å². The monoisotopic (exact) mass is 242 g/mol. The summed E-state index contributed by atoms with van der Waals surface area (Å²) in [5.41, 5.74) is 0.750. The minimum absolute atomic E-state index is 0.248. The molecular formula is C10H8ClFN2S. The van der Waals surface area contributed by atoms with Crippen LogP contribution in [0.3, 0.4) is 0 Å². The molecule has 0 bridgehead atoms. The Morgan fingerprint density at radius 2 is 2.33 bits per heavy atom. The zero-order valence-electron chi connectivity index (χ0n) is 7.71. The van der Waals surface area contributed by atoms with Gasteiger partial charge in [-0.25, -0.2) is 9.37 Å². The number of aromatic nitrogens is 1. The third-order valence-corrected chi connectivity index (χ3v) is 2.93. The van der Waals surface area contributed by atoms with E-state index in [-0.39, 0.29) is 5.82 Å². The Bertz CT molecular complexity index is 458. The number of halogens is 2. The molecule has 0 saturated carbocycles. The molecule has 0 aliphatic rings. The van der Waals surface area contributed by atoms with Crippen LogP contribution in [0.15, 0.2) is 30.5 Å². The maximum Gasteiger partial charge on any atom is 0.183 e. The van der Waals surface area contributed by atoms with Crippen LogP contribution in [0.2, 0.25) is 4.47 Å². The molecule has 2 aromatic rings. The van der Waals surface area contributed by atoms with Gasteiger partial charge in [-0.15, -0.1) is 11.3 Å². The number of benzene rings is 1. The van der Waals surface area contributed by atoms with E-state index in [1.165, 1.54) is 23.5 Å². The van der Waals surface area contributed by atoms with E-state index in [0.29, 0.717) is 11.0 Å². The molecule has 0 aliphatic carbocycles. The molecule has 1 N–H and O–H groups in total. The molecular weight excluding hydrogens is 235 g/mol. The molecule has 0 unspecified atom stereocenters. The van der Waals surface area contributed by atoms with Crippen molar-refractivity contribution in [3.63, 3.8) is 0 Å². The zero-order valence-corrected chi connectivity index (χ0v) is 9.28. The third kappa shape index (κ3) is 2.91. The van der Waals surface area contributed by atoms with Crippen LogP contribution >= 0.6 is 22.9 Å². The molecule has 5 heteroatoms. The topological polar surface area (TPSA) is 24.9 Å². The lowest BCUT2D eigenvalue weighted by atomic mass is 10.3. The van der Waals surface area contributed by atoms with Crippen molar-refractivity contribution in [2.45, 2.75) is 6.54 Å². The van der Waals surface area contributed by atoms with Gasteiger partial charge in [-0.2, -0.15) is 0 Å². The quantitative estimate of drug-likeness (QED) is 0.891.